The first-order chi connectivity index (χ1) is 15.7. The van der Waals surface area contributed by atoms with E-state index >= 15 is 0 Å². The molecular weight excluding hydrogens is 494 g/mol. The Hall–Kier alpha value is -3.33. The molecule has 1 saturated carbocycles. The number of alkyl halides is 5. The number of primary amides is 1. The van der Waals surface area contributed by atoms with Gasteiger partial charge in [0.05, 0.1) is 22.5 Å². The Balaban J connectivity index is 1.72. The van der Waals surface area contributed by atoms with Crippen LogP contribution in [0.1, 0.15) is 23.2 Å². The molecule has 34 heavy (non-hydrogen) atoms. The minimum Gasteiger partial charge on any atom is -0.432 e. The standard InChI is InChI=1S/C19H14F6N4O4S/c20-10-5-9-12(6-13(10)33-17(21)22)28-15(14(9)16(26)30)11-2-1-8(7-27-11)34(31,32)29-18(3-4-18)19(23,24)25/h1-2,5-7,17,28-29H,3-4H2,(H2,26,30). The Morgan fingerprint density at radius 3 is 2.41 bits per heavy atom. The van der Waals surface area contributed by atoms with Crippen molar-refractivity contribution in [3.63, 3.8) is 0 Å². The quantitative estimate of drug-likeness (QED) is 0.422. The summed E-state index contributed by atoms with van der Waals surface area (Å²) in [7, 11) is -4.58. The monoisotopic (exact) mass is 508 g/mol. The van der Waals surface area contributed by atoms with E-state index in [2.05, 4.69) is 14.7 Å². The summed E-state index contributed by atoms with van der Waals surface area (Å²) in [4.78, 5) is 18.0. The third-order valence-electron chi connectivity index (χ3n) is 5.24. The minimum absolute atomic E-state index is 0.0122. The molecule has 1 amide bonds. The Labute approximate surface area is 187 Å². The average molecular weight is 508 g/mol. The number of hydrogen-bond acceptors (Lipinski definition) is 5. The molecule has 0 spiro atoms. The van der Waals surface area contributed by atoms with E-state index in [1.807, 2.05) is 0 Å². The molecule has 0 saturated heterocycles. The van der Waals surface area contributed by atoms with Gasteiger partial charge in [0, 0.05) is 17.6 Å². The van der Waals surface area contributed by atoms with Crippen LogP contribution in [0.5, 0.6) is 5.75 Å². The van der Waals surface area contributed by atoms with Crippen LogP contribution >= 0.6 is 0 Å². The number of H-pyrrole nitrogens is 1. The number of carbonyl (C=O) groups excluding carboxylic acids is 1. The SMILES string of the molecule is NC(=O)c1c(-c2ccc(S(=O)(=O)NC3(C(F)(F)F)CC3)cn2)[nH]c2cc(OC(F)F)c(F)cc12. The van der Waals surface area contributed by atoms with Gasteiger partial charge >= 0.3 is 12.8 Å². The van der Waals surface area contributed by atoms with Crippen molar-refractivity contribution in [3.8, 4) is 17.1 Å². The van der Waals surface area contributed by atoms with Crippen LogP contribution in [0, 0.1) is 5.82 Å². The molecule has 8 nitrogen and oxygen atoms in total. The van der Waals surface area contributed by atoms with E-state index in [1.54, 1.807) is 4.72 Å². The number of nitrogens with two attached hydrogens (primary N) is 1. The molecule has 4 rings (SSSR count). The van der Waals surface area contributed by atoms with E-state index in [9.17, 15) is 39.6 Å². The number of rotatable bonds is 7. The first kappa shape index (κ1) is 23.8. The lowest BCUT2D eigenvalue weighted by atomic mass is 10.1. The van der Waals surface area contributed by atoms with Crippen LogP contribution in [0.15, 0.2) is 35.4 Å². The lowest BCUT2D eigenvalue weighted by Crippen LogP contribution is -2.47. The van der Waals surface area contributed by atoms with E-state index in [4.69, 9.17) is 5.73 Å². The molecule has 1 aliphatic rings. The van der Waals surface area contributed by atoms with Crippen LogP contribution in [0.3, 0.4) is 0 Å². The van der Waals surface area contributed by atoms with Crippen LogP contribution in [0.2, 0.25) is 0 Å². The van der Waals surface area contributed by atoms with Crippen LogP contribution in [0.4, 0.5) is 26.3 Å². The summed E-state index contributed by atoms with van der Waals surface area (Å²) < 4.78 is 109. The van der Waals surface area contributed by atoms with Crippen LogP contribution < -0.4 is 15.2 Å². The average Bonchev–Trinajstić information content (AvgIpc) is 3.41. The van der Waals surface area contributed by atoms with Gasteiger partial charge in [-0.05, 0) is 31.0 Å². The van der Waals surface area contributed by atoms with Gasteiger partial charge in [-0.3, -0.25) is 9.78 Å². The molecule has 0 bridgehead atoms. The van der Waals surface area contributed by atoms with Crippen molar-refractivity contribution >= 4 is 26.8 Å². The summed E-state index contributed by atoms with van der Waals surface area (Å²) in [6.45, 7) is -3.31. The number of halogens is 6. The second kappa shape index (κ2) is 7.87. The minimum atomic E-state index is -4.77. The summed E-state index contributed by atoms with van der Waals surface area (Å²) >= 11 is 0. The first-order valence-corrected chi connectivity index (χ1v) is 10.9. The third-order valence-corrected chi connectivity index (χ3v) is 6.76. The van der Waals surface area contributed by atoms with Gasteiger partial charge in [0.2, 0.25) is 10.0 Å². The van der Waals surface area contributed by atoms with Gasteiger partial charge in [-0.15, -0.1) is 0 Å². The Morgan fingerprint density at radius 1 is 1.24 bits per heavy atom. The summed E-state index contributed by atoms with van der Waals surface area (Å²) in [5, 5.41) is -0.0809. The Kier molecular flexibility index (Phi) is 5.51. The van der Waals surface area contributed by atoms with E-state index in [0.29, 0.717) is 0 Å². The van der Waals surface area contributed by atoms with Gasteiger partial charge in [-0.1, -0.05) is 0 Å². The number of amides is 1. The predicted octanol–water partition coefficient (Wildman–Crippen LogP) is 3.44. The van der Waals surface area contributed by atoms with Crippen molar-refractivity contribution in [2.24, 2.45) is 5.73 Å². The van der Waals surface area contributed by atoms with Crippen molar-refractivity contribution in [3.05, 3.63) is 41.8 Å². The highest BCUT2D eigenvalue weighted by Gasteiger charge is 2.65. The van der Waals surface area contributed by atoms with Gasteiger partial charge in [-0.25, -0.2) is 12.8 Å². The smallest absolute Gasteiger partial charge is 0.407 e. The number of sulfonamides is 1. The van der Waals surface area contributed by atoms with Crippen molar-refractivity contribution in [1.82, 2.24) is 14.7 Å². The molecule has 0 atom stereocenters. The topological polar surface area (TPSA) is 127 Å². The second-order valence-corrected chi connectivity index (χ2v) is 9.19. The zero-order chi connectivity index (χ0) is 25.1. The fourth-order valence-electron chi connectivity index (χ4n) is 3.40. The number of hydrogen-bond donors (Lipinski definition) is 3. The summed E-state index contributed by atoms with van der Waals surface area (Å²) in [5.41, 5.74) is 2.40. The third kappa shape index (κ3) is 4.16. The molecule has 1 fully saturated rings. The summed E-state index contributed by atoms with van der Waals surface area (Å²) in [5.74, 6) is -3.03. The van der Waals surface area contributed by atoms with Crippen molar-refractivity contribution in [2.75, 3.05) is 0 Å². The molecule has 0 unspecified atom stereocenters. The van der Waals surface area contributed by atoms with E-state index < -0.39 is 63.6 Å². The highest BCUT2D eigenvalue weighted by molar-refractivity contribution is 7.89. The molecule has 1 aliphatic carbocycles. The molecule has 4 N–H and O–H groups in total. The molecule has 2 aromatic heterocycles. The zero-order valence-electron chi connectivity index (χ0n) is 16.7. The van der Waals surface area contributed by atoms with E-state index in [1.165, 1.54) is 0 Å². The number of pyridine rings is 1. The number of nitrogens with zero attached hydrogens (tertiary/aromatic N) is 1. The normalized spacial score (nSPS) is 15.6. The van der Waals surface area contributed by atoms with Gasteiger partial charge in [-0.2, -0.15) is 26.7 Å². The van der Waals surface area contributed by atoms with Gasteiger partial charge in [0.15, 0.2) is 11.6 Å². The molecule has 0 radical (unpaired) electrons. The van der Waals surface area contributed by atoms with Crippen LogP contribution in [-0.2, 0) is 10.0 Å². The molecule has 3 aromatic rings. The van der Waals surface area contributed by atoms with Crippen LogP contribution in [0.25, 0.3) is 22.3 Å². The Bertz CT molecular complexity index is 1380. The van der Waals surface area contributed by atoms with Crippen molar-refractivity contribution < 1.29 is 44.3 Å². The summed E-state index contributed by atoms with van der Waals surface area (Å²) in [6.07, 6.45) is -4.79. The number of fused-ring (bicyclic) bond motifs is 1. The maximum absolute atomic E-state index is 14.1. The number of nitrogens with one attached hydrogen (secondary N) is 2. The molecule has 1 aromatic carbocycles. The predicted molar refractivity (Wildman–Crippen MR) is 105 cm³/mol. The molecule has 2 heterocycles. The van der Waals surface area contributed by atoms with Crippen molar-refractivity contribution in [1.29, 1.82) is 0 Å². The highest BCUT2D eigenvalue weighted by Crippen LogP contribution is 2.49. The number of aromatic amines is 1. The van der Waals surface area contributed by atoms with E-state index in [0.717, 1.165) is 30.5 Å². The maximum Gasteiger partial charge on any atom is 0.407 e. The van der Waals surface area contributed by atoms with Gasteiger partial charge < -0.3 is 15.5 Å². The molecule has 0 aliphatic heterocycles. The fraction of sp³-hybridized carbons (Fsp3) is 0.263. The number of carbonyl (C=O) groups is 1. The van der Waals surface area contributed by atoms with Gasteiger partial charge in [0.25, 0.3) is 5.91 Å². The van der Waals surface area contributed by atoms with E-state index in [-0.39, 0.29) is 27.9 Å². The maximum atomic E-state index is 14.1. The summed E-state index contributed by atoms with van der Waals surface area (Å²) in [6, 6.07) is 3.68. The molecular formula is C19H14F6N4O4S. The molecule has 182 valence electrons. The molecule has 15 heteroatoms. The number of aromatic nitrogens is 2. The lowest BCUT2D eigenvalue weighted by molar-refractivity contribution is -0.160. The first-order valence-electron chi connectivity index (χ1n) is 9.41. The number of benzene rings is 1. The Morgan fingerprint density at radius 2 is 1.91 bits per heavy atom. The fourth-order valence-corrected chi connectivity index (χ4v) is 4.79. The number of ether oxygens (including phenoxy) is 1. The zero-order valence-corrected chi connectivity index (χ0v) is 17.5. The van der Waals surface area contributed by atoms with Crippen LogP contribution in [-0.4, -0.2) is 42.6 Å². The largest absolute Gasteiger partial charge is 0.432 e. The highest BCUT2D eigenvalue weighted by atomic mass is 32.2. The lowest BCUT2D eigenvalue weighted by Gasteiger charge is -2.20. The van der Waals surface area contributed by atoms with Gasteiger partial charge in [0.1, 0.15) is 10.4 Å². The second-order valence-electron chi connectivity index (χ2n) is 7.51. The van der Waals surface area contributed by atoms with Crippen molar-refractivity contribution in [2.45, 2.75) is 36.1 Å².